The van der Waals surface area contributed by atoms with Crippen LogP contribution in [0.4, 0.5) is 5.69 Å². The molecule has 1 heterocycles. The SMILES string of the molecule is Cc1nnc(SCC(=O)Nc2ccc(S(C)(=O)=O)cc2)n1-c1ccccc1. The molecule has 0 atom stereocenters. The summed E-state index contributed by atoms with van der Waals surface area (Å²) in [5, 5.41) is 11.6. The zero-order valence-electron chi connectivity index (χ0n) is 14.8. The molecule has 1 amide bonds. The summed E-state index contributed by atoms with van der Waals surface area (Å²) in [5.74, 6) is 0.673. The number of carbonyl (C=O) groups is 1. The average Bonchev–Trinajstić information content (AvgIpc) is 3.01. The highest BCUT2D eigenvalue weighted by atomic mass is 32.2. The van der Waals surface area contributed by atoms with Gasteiger partial charge in [-0.25, -0.2) is 8.42 Å². The molecule has 0 bridgehead atoms. The Kier molecular flexibility index (Phi) is 5.62. The summed E-state index contributed by atoms with van der Waals surface area (Å²) in [4.78, 5) is 12.4. The summed E-state index contributed by atoms with van der Waals surface area (Å²) in [5.41, 5.74) is 1.47. The smallest absolute Gasteiger partial charge is 0.234 e. The van der Waals surface area contributed by atoms with Crippen LogP contribution in [0.3, 0.4) is 0 Å². The number of benzene rings is 2. The van der Waals surface area contributed by atoms with Crippen LogP contribution in [0.25, 0.3) is 5.69 Å². The van der Waals surface area contributed by atoms with E-state index in [9.17, 15) is 13.2 Å². The van der Waals surface area contributed by atoms with Crippen molar-refractivity contribution in [2.45, 2.75) is 17.0 Å². The Bertz CT molecular complexity index is 1050. The minimum absolute atomic E-state index is 0.152. The molecule has 7 nitrogen and oxygen atoms in total. The number of thioether (sulfide) groups is 1. The van der Waals surface area contributed by atoms with Gasteiger partial charge in [-0.15, -0.1) is 10.2 Å². The summed E-state index contributed by atoms with van der Waals surface area (Å²) in [6, 6.07) is 15.7. The lowest BCUT2D eigenvalue weighted by molar-refractivity contribution is -0.113. The number of anilines is 1. The number of nitrogens with zero attached hydrogens (tertiary/aromatic N) is 3. The maximum Gasteiger partial charge on any atom is 0.234 e. The standard InChI is InChI=1S/C18H18N4O3S2/c1-13-20-21-18(22(13)15-6-4-3-5-7-15)26-12-17(23)19-14-8-10-16(11-9-14)27(2,24)25/h3-11H,12H2,1-2H3,(H,19,23). The van der Waals surface area contributed by atoms with Crippen LogP contribution in [0.15, 0.2) is 64.6 Å². The first-order chi connectivity index (χ1) is 12.8. The van der Waals surface area contributed by atoms with Gasteiger partial charge in [-0.1, -0.05) is 30.0 Å². The van der Waals surface area contributed by atoms with Crippen molar-refractivity contribution in [2.24, 2.45) is 0 Å². The summed E-state index contributed by atoms with van der Waals surface area (Å²) >= 11 is 1.28. The molecule has 0 aliphatic heterocycles. The van der Waals surface area contributed by atoms with Gasteiger partial charge in [0, 0.05) is 17.6 Å². The molecule has 27 heavy (non-hydrogen) atoms. The fraction of sp³-hybridized carbons (Fsp3) is 0.167. The summed E-state index contributed by atoms with van der Waals surface area (Å²) in [6.07, 6.45) is 1.14. The van der Waals surface area contributed by atoms with Gasteiger partial charge >= 0.3 is 0 Å². The minimum Gasteiger partial charge on any atom is -0.325 e. The van der Waals surface area contributed by atoms with Crippen molar-refractivity contribution >= 4 is 33.2 Å². The molecule has 0 spiro atoms. The number of amides is 1. The fourth-order valence-corrected chi connectivity index (χ4v) is 3.85. The van der Waals surface area contributed by atoms with Gasteiger partial charge in [0.15, 0.2) is 15.0 Å². The molecule has 0 fully saturated rings. The van der Waals surface area contributed by atoms with Crippen molar-refractivity contribution in [1.29, 1.82) is 0 Å². The quantitative estimate of drug-likeness (QED) is 0.637. The zero-order chi connectivity index (χ0) is 19.4. The highest BCUT2D eigenvalue weighted by Crippen LogP contribution is 2.22. The molecule has 0 radical (unpaired) electrons. The largest absolute Gasteiger partial charge is 0.325 e. The van der Waals surface area contributed by atoms with Gasteiger partial charge in [-0.3, -0.25) is 9.36 Å². The molecule has 0 saturated carbocycles. The number of rotatable bonds is 6. The number of para-hydroxylation sites is 1. The van der Waals surface area contributed by atoms with Crippen molar-refractivity contribution in [3.63, 3.8) is 0 Å². The lowest BCUT2D eigenvalue weighted by Gasteiger charge is -2.08. The predicted molar refractivity (Wildman–Crippen MR) is 105 cm³/mol. The van der Waals surface area contributed by atoms with Gasteiger partial charge in [0.2, 0.25) is 5.91 Å². The first-order valence-corrected chi connectivity index (χ1v) is 10.9. The van der Waals surface area contributed by atoms with E-state index >= 15 is 0 Å². The Morgan fingerprint density at radius 3 is 2.37 bits per heavy atom. The van der Waals surface area contributed by atoms with Crippen molar-refractivity contribution < 1.29 is 13.2 Å². The van der Waals surface area contributed by atoms with E-state index in [1.807, 2.05) is 41.8 Å². The van der Waals surface area contributed by atoms with E-state index in [0.29, 0.717) is 10.8 Å². The van der Waals surface area contributed by atoms with Gasteiger partial charge < -0.3 is 5.32 Å². The molecule has 1 aromatic heterocycles. The lowest BCUT2D eigenvalue weighted by Crippen LogP contribution is -2.14. The van der Waals surface area contributed by atoms with Crippen LogP contribution >= 0.6 is 11.8 Å². The summed E-state index contributed by atoms with van der Waals surface area (Å²) < 4.78 is 24.8. The molecule has 9 heteroatoms. The van der Waals surface area contributed by atoms with Crippen LogP contribution < -0.4 is 5.32 Å². The number of aromatic nitrogens is 3. The first-order valence-electron chi connectivity index (χ1n) is 8.05. The maximum absolute atomic E-state index is 12.2. The number of sulfone groups is 1. The molecule has 0 saturated heterocycles. The molecule has 0 aliphatic rings. The Hall–Kier alpha value is -2.65. The second-order valence-electron chi connectivity index (χ2n) is 5.83. The van der Waals surface area contributed by atoms with Crippen LogP contribution in [0, 0.1) is 6.92 Å². The normalized spacial score (nSPS) is 11.3. The third-order valence-corrected chi connectivity index (χ3v) is 5.77. The summed E-state index contributed by atoms with van der Waals surface area (Å²) in [6.45, 7) is 1.85. The van der Waals surface area contributed by atoms with E-state index in [0.717, 1.165) is 17.8 Å². The zero-order valence-corrected chi connectivity index (χ0v) is 16.4. The average molecular weight is 403 g/mol. The van der Waals surface area contributed by atoms with Crippen LogP contribution in [0.5, 0.6) is 0 Å². The Morgan fingerprint density at radius 1 is 1.07 bits per heavy atom. The van der Waals surface area contributed by atoms with Crippen LogP contribution in [-0.2, 0) is 14.6 Å². The second-order valence-corrected chi connectivity index (χ2v) is 8.79. The Morgan fingerprint density at radius 2 is 1.74 bits per heavy atom. The highest BCUT2D eigenvalue weighted by Gasteiger charge is 2.13. The first kappa shape index (κ1) is 19.1. The Balaban J connectivity index is 1.65. The van der Waals surface area contributed by atoms with Crippen molar-refractivity contribution in [2.75, 3.05) is 17.3 Å². The molecular weight excluding hydrogens is 384 g/mol. The molecular formula is C18H18N4O3S2. The molecule has 2 aromatic carbocycles. The molecule has 1 N–H and O–H groups in total. The van der Waals surface area contributed by atoms with Crippen LogP contribution in [0.2, 0.25) is 0 Å². The van der Waals surface area contributed by atoms with E-state index in [1.165, 1.54) is 23.9 Å². The minimum atomic E-state index is -3.26. The monoisotopic (exact) mass is 402 g/mol. The molecule has 0 unspecified atom stereocenters. The van der Waals surface area contributed by atoms with E-state index in [4.69, 9.17) is 0 Å². The number of hydrogen-bond acceptors (Lipinski definition) is 6. The van der Waals surface area contributed by atoms with Crippen LogP contribution in [0.1, 0.15) is 5.82 Å². The van der Waals surface area contributed by atoms with Crippen molar-refractivity contribution in [3.05, 3.63) is 60.4 Å². The Labute approximate surface area is 161 Å². The van der Waals surface area contributed by atoms with E-state index in [2.05, 4.69) is 15.5 Å². The highest BCUT2D eigenvalue weighted by molar-refractivity contribution is 7.99. The third-order valence-electron chi connectivity index (χ3n) is 3.71. The maximum atomic E-state index is 12.2. The fourth-order valence-electron chi connectivity index (χ4n) is 2.42. The summed E-state index contributed by atoms with van der Waals surface area (Å²) in [7, 11) is -3.26. The van der Waals surface area contributed by atoms with Gasteiger partial charge in [0.05, 0.1) is 10.6 Å². The van der Waals surface area contributed by atoms with Gasteiger partial charge in [-0.05, 0) is 43.3 Å². The van der Waals surface area contributed by atoms with E-state index in [1.54, 1.807) is 12.1 Å². The predicted octanol–water partition coefficient (Wildman–Crippen LogP) is 2.71. The number of nitrogens with one attached hydrogen (secondary N) is 1. The molecule has 140 valence electrons. The second kappa shape index (κ2) is 7.93. The number of aryl methyl sites for hydroxylation is 1. The third kappa shape index (κ3) is 4.75. The molecule has 0 aliphatic carbocycles. The van der Waals surface area contributed by atoms with Gasteiger partial charge in [0.1, 0.15) is 5.82 Å². The molecule has 3 aromatic rings. The number of carbonyl (C=O) groups excluding carboxylic acids is 1. The van der Waals surface area contributed by atoms with Gasteiger partial charge in [-0.2, -0.15) is 0 Å². The van der Waals surface area contributed by atoms with Crippen molar-refractivity contribution in [1.82, 2.24) is 14.8 Å². The lowest BCUT2D eigenvalue weighted by atomic mass is 10.3. The number of hydrogen-bond donors (Lipinski definition) is 1. The molecule has 3 rings (SSSR count). The van der Waals surface area contributed by atoms with Crippen LogP contribution in [-0.4, -0.2) is 41.1 Å². The van der Waals surface area contributed by atoms with E-state index in [-0.39, 0.29) is 16.6 Å². The van der Waals surface area contributed by atoms with Crippen molar-refractivity contribution in [3.8, 4) is 5.69 Å². The van der Waals surface area contributed by atoms with E-state index < -0.39 is 9.84 Å². The van der Waals surface area contributed by atoms with Gasteiger partial charge in [0.25, 0.3) is 0 Å². The topological polar surface area (TPSA) is 94.0 Å².